The summed E-state index contributed by atoms with van der Waals surface area (Å²) in [7, 11) is 0. The molecule has 15 heavy (non-hydrogen) atoms. The summed E-state index contributed by atoms with van der Waals surface area (Å²) < 4.78 is 5.30. The van der Waals surface area contributed by atoms with Crippen LogP contribution in [0.15, 0.2) is 0 Å². The lowest BCUT2D eigenvalue weighted by Gasteiger charge is -2.34. The topological polar surface area (TPSA) is 55.6 Å². The highest BCUT2D eigenvalue weighted by molar-refractivity contribution is 5.76. The number of rotatable bonds is 4. The van der Waals surface area contributed by atoms with Gasteiger partial charge in [-0.3, -0.25) is 4.79 Å². The molecule has 1 heterocycles. The molecule has 0 aromatic carbocycles. The molecule has 88 valence electrons. The first kappa shape index (κ1) is 12.5. The van der Waals surface area contributed by atoms with Crippen LogP contribution in [0.25, 0.3) is 0 Å². The third-order valence-corrected chi connectivity index (χ3v) is 3.06. The fourth-order valence-electron chi connectivity index (χ4n) is 1.86. The molecule has 0 radical (unpaired) electrons. The Hall–Kier alpha value is -0.610. The van der Waals surface area contributed by atoms with Gasteiger partial charge in [-0.05, 0) is 19.4 Å². The van der Waals surface area contributed by atoms with Crippen molar-refractivity contribution in [3.63, 3.8) is 0 Å². The smallest absolute Gasteiger partial charge is 0.223 e. The summed E-state index contributed by atoms with van der Waals surface area (Å²) >= 11 is 0. The second-order valence-corrected chi connectivity index (χ2v) is 4.23. The summed E-state index contributed by atoms with van der Waals surface area (Å²) in [6, 6.07) is 0.210. The molecule has 0 aliphatic carbocycles. The van der Waals surface area contributed by atoms with E-state index in [1.54, 1.807) is 0 Å². The summed E-state index contributed by atoms with van der Waals surface area (Å²) in [6.07, 6.45) is 1.55. The van der Waals surface area contributed by atoms with E-state index in [1.165, 1.54) is 0 Å². The van der Waals surface area contributed by atoms with Crippen molar-refractivity contribution in [2.45, 2.75) is 32.7 Å². The Kier molecular flexibility index (Phi) is 5.05. The predicted octanol–water partition coefficient (Wildman–Crippen LogP) is 0.609. The SMILES string of the molecule is CCC(CN)CC(=O)N1CCOCC1C. The van der Waals surface area contributed by atoms with Crippen LogP contribution in [0, 0.1) is 5.92 Å². The Labute approximate surface area is 91.8 Å². The van der Waals surface area contributed by atoms with Crippen molar-refractivity contribution in [1.29, 1.82) is 0 Å². The molecule has 1 aliphatic rings. The molecule has 1 rings (SSSR count). The normalized spacial score (nSPS) is 23.9. The summed E-state index contributed by atoms with van der Waals surface area (Å²) in [5.41, 5.74) is 5.60. The van der Waals surface area contributed by atoms with Gasteiger partial charge in [0.15, 0.2) is 0 Å². The fraction of sp³-hybridized carbons (Fsp3) is 0.909. The van der Waals surface area contributed by atoms with E-state index >= 15 is 0 Å². The van der Waals surface area contributed by atoms with Crippen LogP contribution in [0.1, 0.15) is 26.7 Å². The van der Waals surface area contributed by atoms with Crippen molar-refractivity contribution in [3.05, 3.63) is 0 Å². The number of nitrogens with two attached hydrogens (primary N) is 1. The van der Waals surface area contributed by atoms with Gasteiger partial charge in [-0.15, -0.1) is 0 Å². The molecule has 1 amide bonds. The van der Waals surface area contributed by atoms with E-state index in [0.29, 0.717) is 32.1 Å². The Bertz CT molecular complexity index is 205. The van der Waals surface area contributed by atoms with Gasteiger partial charge in [-0.25, -0.2) is 0 Å². The molecular formula is C11H22N2O2. The number of ether oxygens (including phenoxy) is 1. The first-order chi connectivity index (χ1) is 7.19. The third kappa shape index (κ3) is 3.47. The second kappa shape index (κ2) is 6.08. The molecule has 0 spiro atoms. The zero-order chi connectivity index (χ0) is 11.3. The van der Waals surface area contributed by atoms with Gasteiger partial charge in [0, 0.05) is 13.0 Å². The van der Waals surface area contributed by atoms with Crippen LogP contribution in [0.2, 0.25) is 0 Å². The number of amides is 1. The second-order valence-electron chi connectivity index (χ2n) is 4.23. The first-order valence-corrected chi connectivity index (χ1v) is 5.76. The zero-order valence-electron chi connectivity index (χ0n) is 9.74. The van der Waals surface area contributed by atoms with Crippen molar-refractivity contribution in [2.24, 2.45) is 11.7 Å². The standard InChI is InChI=1S/C11H22N2O2/c1-3-10(7-12)6-11(14)13-4-5-15-8-9(13)2/h9-10H,3-8,12H2,1-2H3. The number of hydrogen-bond donors (Lipinski definition) is 1. The van der Waals surface area contributed by atoms with E-state index in [-0.39, 0.29) is 11.9 Å². The van der Waals surface area contributed by atoms with Crippen LogP contribution < -0.4 is 5.73 Å². The molecule has 0 aromatic heterocycles. The molecular weight excluding hydrogens is 192 g/mol. The number of nitrogens with zero attached hydrogens (tertiary/aromatic N) is 1. The molecule has 1 aliphatic heterocycles. The average Bonchev–Trinajstić information content (AvgIpc) is 2.26. The minimum atomic E-state index is 0.210. The summed E-state index contributed by atoms with van der Waals surface area (Å²) in [6.45, 7) is 6.75. The highest BCUT2D eigenvalue weighted by Gasteiger charge is 2.24. The summed E-state index contributed by atoms with van der Waals surface area (Å²) in [4.78, 5) is 13.9. The summed E-state index contributed by atoms with van der Waals surface area (Å²) in [5, 5.41) is 0. The lowest BCUT2D eigenvalue weighted by atomic mass is 10.0. The molecule has 1 fully saturated rings. The van der Waals surface area contributed by atoms with Gasteiger partial charge >= 0.3 is 0 Å². The maximum atomic E-state index is 12.0. The van der Waals surface area contributed by atoms with E-state index < -0.39 is 0 Å². The van der Waals surface area contributed by atoms with Crippen LogP contribution in [-0.4, -0.2) is 43.2 Å². The van der Waals surface area contributed by atoms with Gasteiger partial charge in [0.2, 0.25) is 5.91 Å². The first-order valence-electron chi connectivity index (χ1n) is 5.76. The van der Waals surface area contributed by atoms with Gasteiger partial charge in [-0.2, -0.15) is 0 Å². The Balaban J connectivity index is 2.44. The van der Waals surface area contributed by atoms with Crippen LogP contribution >= 0.6 is 0 Å². The van der Waals surface area contributed by atoms with E-state index in [4.69, 9.17) is 10.5 Å². The van der Waals surface area contributed by atoms with E-state index in [9.17, 15) is 4.79 Å². The molecule has 0 saturated carbocycles. The minimum absolute atomic E-state index is 0.210. The van der Waals surface area contributed by atoms with Crippen molar-refractivity contribution in [1.82, 2.24) is 4.90 Å². The van der Waals surface area contributed by atoms with Crippen LogP contribution in [0.5, 0.6) is 0 Å². The third-order valence-electron chi connectivity index (χ3n) is 3.06. The molecule has 0 aromatic rings. The lowest BCUT2D eigenvalue weighted by molar-refractivity contribution is -0.140. The van der Waals surface area contributed by atoms with E-state index in [1.807, 2.05) is 11.8 Å². The molecule has 2 unspecified atom stereocenters. The van der Waals surface area contributed by atoms with Crippen molar-refractivity contribution in [3.8, 4) is 0 Å². The molecule has 4 heteroatoms. The molecule has 4 nitrogen and oxygen atoms in total. The largest absolute Gasteiger partial charge is 0.377 e. The highest BCUT2D eigenvalue weighted by Crippen LogP contribution is 2.13. The Morgan fingerprint density at radius 2 is 2.40 bits per heavy atom. The minimum Gasteiger partial charge on any atom is -0.377 e. The van der Waals surface area contributed by atoms with Crippen molar-refractivity contribution in [2.75, 3.05) is 26.3 Å². The molecule has 2 atom stereocenters. The van der Waals surface area contributed by atoms with Gasteiger partial charge in [-0.1, -0.05) is 13.3 Å². The fourth-order valence-corrected chi connectivity index (χ4v) is 1.86. The quantitative estimate of drug-likeness (QED) is 0.746. The number of carbonyl (C=O) groups excluding carboxylic acids is 1. The highest BCUT2D eigenvalue weighted by atomic mass is 16.5. The number of carbonyl (C=O) groups is 1. The maximum absolute atomic E-state index is 12.0. The van der Waals surface area contributed by atoms with Gasteiger partial charge in [0.1, 0.15) is 0 Å². The molecule has 1 saturated heterocycles. The monoisotopic (exact) mass is 214 g/mol. The van der Waals surface area contributed by atoms with Gasteiger partial charge < -0.3 is 15.4 Å². The Morgan fingerprint density at radius 3 is 2.93 bits per heavy atom. The zero-order valence-corrected chi connectivity index (χ0v) is 9.74. The van der Waals surface area contributed by atoms with E-state index in [0.717, 1.165) is 13.0 Å². The van der Waals surface area contributed by atoms with Crippen molar-refractivity contribution < 1.29 is 9.53 Å². The molecule has 2 N–H and O–H groups in total. The maximum Gasteiger partial charge on any atom is 0.223 e. The van der Waals surface area contributed by atoms with Crippen molar-refractivity contribution >= 4 is 5.91 Å². The van der Waals surface area contributed by atoms with Gasteiger partial charge in [0.05, 0.1) is 19.3 Å². The van der Waals surface area contributed by atoms with Gasteiger partial charge in [0.25, 0.3) is 0 Å². The van der Waals surface area contributed by atoms with Crippen LogP contribution in [0.4, 0.5) is 0 Å². The number of hydrogen-bond acceptors (Lipinski definition) is 3. The molecule has 0 bridgehead atoms. The van der Waals surface area contributed by atoms with Crippen LogP contribution in [-0.2, 0) is 9.53 Å². The summed E-state index contributed by atoms with van der Waals surface area (Å²) in [5.74, 6) is 0.552. The lowest BCUT2D eigenvalue weighted by Crippen LogP contribution is -2.47. The average molecular weight is 214 g/mol. The Morgan fingerprint density at radius 1 is 1.67 bits per heavy atom. The van der Waals surface area contributed by atoms with Crippen LogP contribution in [0.3, 0.4) is 0 Å². The predicted molar refractivity (Wildman–Crippen MR) is 59.4 cm³/mol. The number of morpholine rings is 1. The van der Waals surface area contributed by atoms with E-state index in [2.05, 4.69) is 6.92 Å².